The highest BCUT2D eigenvalue weighted by molar-refractivity contribution is 8.00. The molecular formula is C18H19N3O3S3. The van der Waals surface area contributed by atoms with E-state index in [0.717, 1.165) is 25.7 Å². The molecule has 0 saturated carbocycles. The predicted molar refractivity (Wildman–Crippen MR) is 111 cm³/mol. The number of nitrogens with zero attached hydrogens (tertiary/aromatic N) is 2. The minimum absolute atomic E-state index is 0.184. The van der Waals surface area contributed by atoms with E-state index in [2.05, 4.69) is 15.3 Å². The van der Waals surface area contributed by atoms with Crippen LogP contribution >= 0.6 is 34.4 Å². The average Bonchev–Trinajstić information content (AvgIpc) is 3.24. The van der Waals surface area contributed by atoms with E-state index in [1.165, 1.54) is 29.4 Å². The SMILES string of the molecule is CCOC(=O)c1c(NC(=O)CSc2ncnc3sccc23)sc(C)c1CC. The predicted octanol–water partition coefficient (Wildman–Crippen LogP) is 4.53. The fourth-order valence-corrected chi connectivity index (χ4v) is 5.42. The number of hydrogen-bond acceptors (Lipinski definition) is 8. The first-order valence-electron chi connectivity index (χ1n) is 8.45. The normalized spacial score (nSPS) is 10.9. The molecule has 3 aromatic rings. The third-order valence-corrected chi connectivity index (χ3v) is 6.75. The summed E-state index contributed by atoms with van der Waals surface area (Å²) in [5.74, 6) is -0.378. The number of nitrogens with one attached hydrogen (secondary N) is 1. The molecule has 142 valence electrons. The second-order valence-corrected chi connectivity index (χ2v) is 8.65. The molecule has 0 spiro atoms. The van der Waals surface area contributed by atoms with Gasteiger partial charge in [0, 0.05) is 10.3 Å². The van der Waals surface area contributed by atoms with Crippen LogP contribution in [0.2, 0.25) is 0 Å². The Labute approximate surface area is 169 Å². The van der Waals surface area contributed by atoms with Crippen LogP contribution in [0.25, 0.3) is 10.2 Å². The largest absolute Gasteiger partial charge is 0.462 e. The Kier molecular flexibility index (Phi) is 6.46. The fraction of sp³-hybridized carbons (Fsp3) is 0.333. The molecule has 1 amide bonds. The molecule has 0 bridgehead atoms. The zero-order valence-corrected chi connectivity index (χ0v) is 17.6. The van der Waals surface area contributed by atoms with E-state index in [0.29, 0.717) is 23.6 Å². The van der Waals surface area contributed by atoms with Crippen molar-refractivity contribution in [1.29, 1.82) is 0 Å². The summed E-state index contributed by atoms with van der Waals surface area (Å²) in [5.41, 5.74) is 1.40. The topological polar surface area (TPSA) is 81.2 Å². The lowest BCUT2D eigenvalue weighted by Crippen LogP contribution is -2.16. The van der Waals surface area contributed by atoms with Gasteiger partial charge in [-0.2, -0.15) is 0 Å². The highest BCUT2D eigenvalue weighted by Gasteiger charge is 2.23. The van der Waals surface area contributed by atoms with Crippen molar-refractivity contribution in [3.63, 3.8) is 0 Å². The van der Waals surface area contributed by atoms with Crippen molar-refractivity contribution in [3.05, 3.63) is 33.8 Å². The third-order valence-electron chi connectivity index (χ3n) is 3.86. The smallest absolute Gasteiger partial charge is 0.341 e. The molecule has 0 aliphatic carbocycles. The number of thioether (sulfide) groups is 1. The van der Waals surface area contributed by atoms with Gasteiger partial charge in [-0.05, 0) is 37.3 Å². The summed E-state index contributed by atoms with van der Waals surface area (Å²) < 4.78 is 5.17. The molecule has 9 heteroatoms. The third kappa shape index (κ3) is 4.31. The van der Waals surface area contributed by atoms with Gasteiger partial charge >= 0.3 is 5.97 Å². The number of esters is 1. The first kappa shape index (κ1) is 19.8. The summed E-state index contributed by atoms with van der Waals surface area (Å²) in [7, 11) is 0. The summed E-state index contributed by atoms with van der Waals surface area (Å²) in [6, 6.07) is 1.95. The van der Waals surface area contributed by atoms with Gasteiger partial charge in [-0.3, -0.25) is 4.79 Å². The Balaban J connectivity index is 1.74. The van der Waals surface area contributed by atoms with Crippen LogP contribution < -0.4 is 5.32 Å². The lowest BCUT2D eigenvalue weighted by Gasteiger charge is -2.08. The lowest BCUT2D eigenvalue weighted by molar-refractivity contribution is -0.113. The minimum atomic E-state index is -0.391. The number of rotatable bonds is 7. The number of thiophene rings is 2. The first-order chi connectivity index (χ1) is 13.0. The van der Waals surface area contributed by atoms with Gasteiger partial charge in [0.05, 0.1) is 17.9 Å². The lowest BCUT2D eigenvalue weighted by atomic mass is 10.1. The number of amides is 1. The van der Waals surface area contributed by atoms with Gasteiger partial charge in [-0.15, -0.1) is 22.7 Å². The van der Waals surface area contributed by atoms with Gasteiger partial charge < -0.3 is 10.1 Å². The second kappa shape index (κ2) is 8.81. The number of carbonyl (C=O) groups is 2. The molecule has 0 saturated heterocycles. The van der Waals surface area contributed by atoms with Crippen molar-refractivity contribution in [3.8, 4) is 0 Å². The summed E-state index contributed by atoms with van der Waals surface area (Å²) in [4.78, 5) is 35.2. The molecule has 0 aliphatic heterocycles. The van der Waals surface area contributed by atoms with Gasteiger partial charge in [0.25, 0.3) is 0 Å². The van der Waals surface area contributed by atoms with Crippen LogP contribution in [0.1, 0.15) is 34.6 Å². The maximum Gasteiger partial charge on any atom is 0.341 e. The second-order valence-electron chi connectivity index (χ2n) is 5.57. The molecule has 1 N–H and O–H groups in total. The molecular weight excluding hydrogens is 402 g/mol. The van der Waals surface area contributed by atoms with Crippen molar-refractivity contribution in [2.24, 2.45) is 0 Å². The molecule has 6 nitrogen and oxygen atoms in total. The van der Waals surface area contributed by atoms with Gasteiger partial charge in [-0.25, -0.2) is 14.8 Å². The molecule has 0 aromatic carbocycles. The first-order valence-corrected chi connectivity index (χ1v) is 11.1. The molecule has 3 heterocycles. The number of carbonyl (C=O) groups excluding carboxylic acids is 2. The fourth-order valence-electron chi connectivity index (χ4n) is 2.69. The average molecular weight is 422 g/mol. The van der Waals surface area contributed by atoms with Crippen LogP contribution in [0.5, 0.6) is 0 Å². The zero-order valence-electron chi connectivity index (χ0n) is 15.2. The van der Waals surface area contributed by atoms with Gasteiger partial charge in [-0.1, -0.05) is 18.7 Å². The molecule has 0 unspecified atom stereocenters. The zero-order chi connectivity index (χ0) is 19.4. The van der Waals surface area contributed by atoms with Crippen LogP contribution in [0.3, 0.4) is 0 Å². The van der Waals surface area contributed by atoms with Crippen LogP contribution in [0, 0.1) is 6.92 Å². The van der Waals surface area contributed by atoms with Crippen LogP contribution in [-0.4, -0.2) is 34.2 Å². The maximum atomic E-state index is 12.5. The number of aryl methyl sites for hydroxylation is 1. The highest BCUT2D eigenvalue weighted by atomic mass is 32.2. The van der Waals surface area contributed by atoms with Crippen molar-refractivity contribution in [2.45, 2.75) is 32.2 Å². The van der Waals surface area contributed by atoms with Gasteiger partial charge in [0.15, 0.2) is 0 Å². The number of anilines is 1. The van der Waals surface area contributed by atoms with Crippen molar-refractivity contribution < 1.29 is 14.3 Å². The molecule has 0 fully saturated rings. The standard InChI is InChI=1S/C18H19N3O3S3/c1-4-11-10(3)27-17(14(11)18(23)24-5-2)21-13(22)8-26-16-12-6-7-25-15(12)19-9-20-16/h6-7,9H,4-5,8H2,1-3H3,(H,21,22). The van der Waals surface area contributed by atoms with E-state index in [4.69, 9.17) is 4.74 Å². The van der Waals surface area contributed by atoms with E-state index in [-0.39, 0.29) is 11.7 Å². The number of fused-ring (bicyclic) bond motifs is 1. The minimum Gasteiger partial charge on any atom is -0.462 e. The van der Waals surface area contributed by atoms with Gasteiger partial charge in [0.1, 0.15) is 21.2 Å². The molecule has 3 aromatic heterocycles. The Morgan fingerprint density at radius 2 is 2.11 bits per heavy atom. The Bertz CT molecular complexity index is 981. The van der Waals surface area contributed by atoms with Gasteiger partial charge in [0.2, 0.25) is 5.91 Å². The molecule has 0 radical (unpaired) electrons. The summed E-state index contributed by atoms with van der Waals surface area (Å²) in [6.45, 7) is 6.00. The summed E-state index contributed by atoms with van der Waals surface area (Å²) in [5, 5.41) is 7.11. The molecule has 0 atom stereocenters. The number of aromatic nitrogens is 2. The van der Waals surface area contributed by atoms with E-state index >= 15 is 0 Å². The van der Waals surface area contributed by atoms with E-state index in [9.17, 15) is 9.59 Å². The van der Waals surface area contributed by atoms with Crippen LogP contribution in [0.15, 0.2) is 22.8 Å². The molecule has 0 aliphatic rings. The monoisotopic (exact) mass is 421 g/mol. The molecule has 27 heavy (non-hydrogen) atoms. The van der Waals surface area contributed by atoms with E-state index < -0.39 is 5.97 Å². The van der Waals surface area contributed by atoms with Crippen molar-refractivity contribution in [2.75, 3.05) is 17.7 Å². The summed E-state index contributed by atoms with van der Waals surface area (Å²) in [6.07, 6.45) is 2.21. The highest BCUT2D eigenvalue weighted by Crippen LogP contribution is 2.34. The number of ether oxygens (including phenoxy) is 1. The maximum absolute atomic E-state index is 12.5. The summed E-state index contributed by atoms with van der Waals surface area (Å²) >= 11 is 4.30. The van der Waals surface area contributed by atoms with Crippen molar-refractivity contribution in [1.82, 2.24) is 9.97 Å². The van der Waals surface area contributed by atoms with Crippen LogP contribution in [-0.2, 0) is 16.0 Å². The van der Waals surface area contributed by atoms with Crippen LogP contribution in [0.4, 0.5) is 5.00 Å². The molecule has 3 rings (SSSR count). The number of hydrogen-bond donors (Lipinski definition) is 1. The Morgan fingerprint density at radius 1 is 1.30 bits per heavy atom. The quantitative estimate of drug-likeness (QED) is 0.343. The van der Waals surface area contributed by atoms with E-state index in [1.807, 2.05) is 25.3 Å². The Morgan fingerprint density at radius 3 is 2.85 bits per heavy atom. The van der Waals surface area contributed by atoms with E-state index in [1.54, 1.807) is 18.3 Å². The van der Waals surface area contributed by atoms with Crippen molar-refractivity contribution >= 4 is 61.5 Å². The Hall–Kier alpha value is -1.97.